The number of unbranched alkanes of at least 4 members (excludes halogenated alkanes) is 6. The fourth-order valence-electron chi connectivity index (χ4n) is 1.84. The fraction of sp³-hybridized carbons (Fsp3) is 0.938. The molecule has 0 amide bonds. The van der Waals surface area contributed by atoms with E-state index in [1.165, 1.54) is 32.1 Å². The average molecular weight is 317 g/mol. The molecule has 0 aromatic heterocycles. The van der Waals surface area contributed by atoms with Crippen LogP contribution in [0, 0.1) is 6.92 Å². The van der Waals surface area contributed by atoms with Gasteiger partial charge in [-0.3, -0.25) is 0 Å². The molecule has 118 valence electrons. The summed E-state index contributed by atoms with van der Waals surface area (Å²) >= 11 is 0. The van der Waals surface area contributed by atoms with Crippen molar-refractivity contribution in [3.05, 3.63) is 6.92 Å². The summed E-state index contributed by atoms with van der Waals surface area (Å²) in [5, 5.41) is 0. The molecule has 0 aliphatic heterocycles. The molecule has 0 unspecified atom stereocenters. The second-order valence-electron chi connectivity index (χ2n) is 4.93. The molecular weight excluding hydrogens is 284 g/mol. The number of rotatable bonds is 14. The number of hydrogen-bond acceptors (Lipinski definition) is 2. The summed E-state index contributed by atoms with van der Waals surface area (Å²) in [6.07, 6.45) is 11.7. The van der Waals surface area contributed by atoms with E-state index in [0.29, 0.717) is 0 Å². The largest absolute Gasteiger partial charge is 2.00 e. The Morgan fingerprint density at radius 1 is 0.800 bits per heavy atom. The molecule has 0 saturated carbocycles. The van der Waals surface area contributed by atoms with Gasteiger partial charge in [0.05, 0.1) is 0 Å². The standard InChI is InChI=1S/C16H33O2.ClH.Mg/c1-4-7-10-13-16(17-14-11-8-5-2)18-15-12-9-6-3;;/h16H,1,4-15H2,2-3H3;1H;/q-1;;+2/p-1. The molecule has 0 atom stereocenters. The molecule has 0 spiro atoms. The maximum Gasteiger partial charge on any atom is 2.00 e. The van der Waals surface area contributed by atoms with Gasteiger partial charge in [0.25, 0.3) is 0 Å². The Bertz CT molecular complexity index is 147. The van der Waals surface area contributed by atoms with Crippen molar-refractivity contribution in [3.63, 3.8) is 0 Å². The summed E-state index contributed by atoms with van der Waals surface area (Å²) in [7, 11) is 0. The molecule has 20 heavy (non-hydrogen) atoms. The van der Waals surface area contributed by atoms with Crippen molar-refractivity contribution in [1.29, 1.82) is 0 Å². The maximum atomic E-state index is 5.83. The second kappa shape index (κ2) is 22.3. The minimum Gasteiger partial charge on any atom is -1.00 e. The Labute approximate surface area is 149 Å². The van der Waals surface area contributed by atoms with E-state index in [9.17, 15) is 0 Å². The van der Waals surface area contributed by atoms with E-state index < -0.39 is 0 Å². The van der Waals surface area contributed by atoms with E-state index in [0.717, 1.165) is 45.3 Å². The molecule has 0 saturated heterocycles. The van der Waals surface area contributed by atoms with Crippen LogP contribution in [0.25, 0.3) is 0 Å². The van der Waals surface area contributed by atoms with Crippen molar-refractivity contribution >= 4 is 23.1 Å². The summed E-state index contributed by atoms with van der Waals surface area (Å²) in [4.78, 5) is 0. The zero-order valence-corrected chi connectivity index (χ0v) is 15.8. The molecule has 0 radical (unpaired) electrons. The van der Waals surface area contributed by atoms with Crippen molar-refractivity contribution in [1.82, 2.24) is 0 Å². The van der Waals surface area contributed by atoms with Crippen molar-refractivity contribution in [3.8, 4) is 0 Å². The predicted molar refractivity (Wildman–Crippen MR) is 84.3 cm³/mol. The summed E-state index contributed by atoms with van der Waals surface area (Å²) in [6, 6.07) is 0. The Kier molecular flexibility index (Phi) is 28.8. The van der Waals surface area contributed by atoms with Crippen LogP contribution in [0.4, 0.5) is 0 Å². The van der Waals surface area contributed by atoms with Crippen LogP contribution in [0.2, 0.25) is 0 Å². The predicted octanol–water partition coefficient (Wildman–Crippen LogP) is 1.74. The number of ether oxygens (including phenoxy) is 2. The van der Waals surface area contributed by atoms with Gasteiger partial charge in [-0.05, 0) is 19.3 Å². The molecule has 0 aromatic rings. The van der Waals surface area contributed by atoms with Gasteiger partial charge in [-0.1, -0.05) is 52.4 Å². The summed E-state index contributed by atoms with van der Waals surface area (Å²) in [5.41, 5.74) is 0. The first-order valence-electron chi connectivity index (χ1n) is 7.87. The molecule has 0 N–H and O–H groups in total. The van der Waals surface area contributed by atoms with Crippen LogP contribution >= 0.6 is 0 Å². The zero-order valence-electron chi connectivity index (χ0n) is 13.7. The quantitative estimate of drug-likeness (QED) is 0.210. The molecule has 4 heteroatoms. The normalized spacial score (nSPS) is 10.2. The van der Waals surface area contributed by atoms with Gasteiger partial charge in [0, 0.05) is 13.2 Å². The monoisotopic (exact) mass is 316 g/mol. The van der Waals surface area contributed by atoms with Gasteiger partial charge in [0.1, 0.15) is 0 Å². The average Bonchev–Trinajstić information content (AvgIpc) is 2.39. The molecular formula is C16H33ClMgO2. The van der Waals surface area contributed by atoms with E-state index >= 15 is 0 Å². The van der Waals surface area contributed by atoms with Crippen molar-refractivity contribution in [2.45, 2.75) is 84.3 Å². The van der Waals surface area contributed by atoms with Crippen molar-refractivity contribution in [2.75, 3.05) is 13.2 Å². The van der Waals surface area contributed by atoms with Crippen LogP contribution in [0.3, 0.4) is 0 Å². The van der Waals surface area contributed by atoms with Gasteiger partial charge in [0.15, 0.2) is 6.29 Å². The third kappa shape index (κ3) is 19.0. The Morgan fingerprint density at radius 3 is 1.70 bits per heavy atom. The molecule has 0 fully saturated rings. The minimum atomic E-state index is 0. The minimum absolute atomic E-state index is 0. The molecule has 0 heterocycles. The van der Waals surface area contributed by atoms with Gasteiger partial charge >= 0.3 is 23.1 Å². The fourth-order valence-corrected chi connectivity index (χ4v) is 1.84. The van der Waals surface area contributed by atoms with Crippen LogP contribution in [0.1, 0.15) is 78.1 Å². The van der Waals surface area contributed by atoms with E-state index in [4.69, 9.17) is 9.47 Å². The number of halogens is 1. The van der Waals surface area contributed by atoms with E-state index in [1.807, 2.05) is 0 Å². The summed E-state index contributed by atoms with van der Waals surface area (Å²) in [6.45, 7) is 9.99. The van der Waals surface area contributed by atoms with Crippen LogP contribution in [0.15, 0.2) is 0 Å². The van der Waals surface area contributed by atoms with Gasteiger partial charge in [-0.25, -0.2) is 0 Å². The van der Waals surface area contributed by atoms with Gasteiger partial charge in [-0.15, -0.1) is 0 Å². The third-order valence-electron chi connectivity index (χ3n) is 3.04. The van der Waals surface area contributed by atoms with E-state index in [1.54, 1.807) is 0 Å². The van der Waals surface area contributed by atoms with Gasteiger partial charge in [0.2, 0.25) is 0 Å². The summed E-state index contributed by atoms with van der Waals surface area (Å²) in [5.74, 6) is 0. The third-order valence-corrected chi connectivity index (χ3v) is 3.04. The smallest absolute Gasteiger partial charge is 1.00 e. The molecule has 0 rings (SSSR count). The summed E-state index contributed by atoms with van der Waals surface area (Å²) < 4.78 is 11.7. The first kappa shape index (κ1) is 25.9. The number of hydrogen-bond donors (Lipinski definition) is 0. The van der Waals surface area contributed by atoms with Crippen LogP contribution in [-0.4, -0.2) is 42.6 Å². The molecule has 0 aliphatic carbocycles. The Morgan fingerprint density at radius 2 is 1.30 bits per heavy atom. The topological polar surface area (TPSA) is 18.5 Å². The molecule has 0 aromatic carbocycles. The van der Waals surface area contributed by atoms with Crippen molar-refractivity contribution < 1.29 is 21.9 Å². The van der Waals surface area contributed by atoms with Gasteiger partial charge in [-0.2, -0.15) is 6.42 Å². The second-order valence-corrected chi connectivity index (χ2v) is 4.93. The van der Waals surface area contributed by atoms with Crippen molar-refractivity contribution in [2.24, 2.45) is 0 Å². The molecule has 2 nitrogen and oxygen atoms in total. The maximum absolute atomic E-state index is 5.83. The first-order chi connectivity index (χ1) is 8.85. The Hall–Kier alpha value is 0.976. The first-order valence-corrected chi connectivity index (χ1v) is 7.87. The SMILES string of the molecule is [CH2-]CCCCC(OCCCCC)OCCCCC.[Cl-].[Mg+2]. The van der Waals surface area contributed by atoms with Crippen LogP contribution < -0.4 is 12.4 Å². The zero-order chi connectivity index (χ0) is 13.5. The van der Waals surface area contributed by atoms with Crippen LogP contribution in [-0.2, 0) is 9.47 Å². The van der Waals surface area contributed by atoms with Gasteiger partial charge < -0.3 is 28.8 Å². The van der Waals surface area contributed by atoms with E-state index in [2.05, 4.69) is 20.8 Å². The molecule has 0 bridgehead atoms. The molecule has 0 aliphatic rings. The van der Waals surface area contributed by atoms with E-state index in [-0.39, 0.29) is 41.7 Å². The Balaban J connectivity index is -0.00000144. The van der Waals surface area contributed by atoms with Crippen LogP contribution in [0.5, 0.6) is 0 Å².